The molecule has 0 amide bonds. The van der Waals surface area contributed by atoms with Gasteiger partial charge in [-0.2, -0.15) is 0 Å². The van der Waals surface area contributed by atoms with Gasteiger partial charge in [-0.15, -0.1) is 0 Å². The van der Waals surface area contributed by atoms with E-state index in [9.17, 15) is 0 Å². The summed E-state index contributed by atoms with van der Waals surface area (Å²) >= 11 is 0. The molecular weight excluding hydrogens is 264 g/mol. The van der Waals surface area contributed by atoms with Crippen LogP contribution in [0.1, 0.15) is 19.4 Å². The lowest BCUT2D eigenvalue weighted by Gasteiger charge is -2.10. The van der Waals surface area contributed by atoms with Gasteiger partial charge in [-0.05, 0) is 59.4 Å². The third kappa shape index (κ3) is 3.56. The van der Waals surface area contributed by atoms with Gasteiger partial charge in [0, 0.05) is 5.75 Å². The molecule has 0 saturated heterocycles. The van der Waals surface area contributed by atoms with Gasteiger partial charge in [0.2, 0.25) is 0 Å². The van der Waals surface area contributed by atoms with Gasteiger partial charge in [0.1, 0.15) is 5.75 Å². The molecule has 0 saturated carbocycles. The second kappa shape index (κ2) is 6.35. The molecule has 0 bridgehead atoms. The molecule has 2 rings (SSSR count). The van der Waals surface area contributed by atoms with Crippen LogP contribution in [0, 0.1) is 0 Å². The van der Waals surface area contributed by atoms with Crippen LogP contribution in [0.4, 0.5) is 0 Å². The summed E-state index contributed by atoms with van der Waals surface area (Å²) < 4.78 is 5.70. The number of aryl methyl sites for hydroxylation is 1. The lowest BCUT2D eigenvalue weighted by molar-refractivity contribution is 0.243. The molecule has 2 aromatic carbocycles. The highest BCUT2D eigenvalue weighted by atomic mass is 35.7. The maximum atomic E-state index is 5.70. The van der Waals surface area contributed by atoms with Crippen molar-refractivity contribution in [1.29, 1.82) is 0 Å². The highest BCUT2D eigenvalue weighted by Gasteiger charge is 2.01. The molecular formula is C15H17ClOS. The number of hydrogen-bond acceptors (Lipinski definition) is 2. The van der Waals surface area contributed by atoms with Crippen molar-refractivity contribution in [1.82, 2.24) is 0 Å². The van der Waals surface area contributed by atoms with Gasteiger partial charge in [0.15, 0.2) is 0 Å². The van der Waals surface area contributed by atoms with E-state index in [0.29, 0.717) is 0 Å². The van der Waals surface area contributed by atoms with E-state index in [4.69, 9.17) is 15.4 Å². The molecule has 18 heavy (non-hydrogen) atoms. The molecule has 3 heteroatoms. The van der Waals surface area contributed by atoms with E-state index in [-0.39, 0.29) is 6.10 Å². The second-order valence-electron chi connectivity index (χ2n) is 4.57. The average molecular weight is 281 g/mol. The third-order valence-corrected chi connectivity index (χ3v) is 3.54. The van der Waals surface area contributed by atoms with Gasteiger partial charge in [0.05, 0.1) is 6.10 Å². The van der Waals surface area contributed by atoms with Crippen LogP contribution in [0.3, 0.4) is 0 Å². The summed E-state index contributed by atoms with van der Waals surface area (Å²) in [6.07, 6.45) is 1.22. The van der Waals surface area contributed by atoms with E-state index < -0.39 is 0 Å². The second-order valence-corrected chi connectivity index (χ2v) is 5.85. The Morgan fingerprint density at radius 1 is 1.11 bits per heavy atom. The monoisotopic (exact) mass is 280 g/mol. The number of hydrogen-bond donors (Lipinski definition) is 0. The maximum absolute atomic E-state index is 5.70. The number of fused-ring (bicyclic) bond motifs is 1. The maximum Gasteiger partial charge on any atom is 0.120 e. The topological polar surface area (TPSA) is 9.23 Å². The van der Waals surface area contributed by atoms with Gasteiger partial charge < -0.3 is 4.74 Å². The molecule has 0 unspecified atom stereocenters. The van der Waals surface area contributed by atoms with Crippen molar-refractivity contribution < 1.29 is 4.74 Å². The molecule has 0 aromatic heterocycles. The summed E-state index contributed by atoms with van der Waals surface area (Å²) in [5.74, 6) is 1.88. The summed E-state index contributed by atoms with van der Waals surface area (Å²) in [6.45, 7) is 4.08. The molecule has 0 aliphatic heterocycles. The fourth-order valence-electron chi connectivity index (χ4n) is 1.93. The van der Waals surface area contributed by atoms with Crippen LogP contribution in [-0.4, -0.2) is 11.9 Å². The van der Waals surface area contributed by atoms with Gasteiger partial charge in [-0.3, -0.25) is 0 Å². The molecule has 96 valence electrons. The lowest BCUT2D eigenvalue weighted by Crippen LogP contribution is -2.05. The fraction of sp³-hybridized carbons (Fsp3) is 0.333. The SMILES string of the molecule is CC(C)Oc1ccc2cc(CCSCl)ccc2c1. The van der Waals surface area contributed by atoms with Crippen LogP contribution < -0.4 is 4.74 Å². The van der Waals surface area contributed by atoms with Crippen molar-refractivity contribution in [2.75, 3.05) is 5.75 Å². The minimum absolute atomic E-state index is 0.211. The summed E-state index contributed by atoms with van der Waals surface area (Å²) in [4.78, 5) is 0. The third-order valence-electron chi connectivity index (χ3n) is 2.72. The van der Waals surface area contributed by atoms with E-state index in [2.05, 4.69) is 30.3 Å². The Morgan fingerprint density at radius 2 is 1.83 bits per heavy atom. The summed E-state index contributed by atoms with van der Waals surface area (Å²) in [5, 5.41) is 2.47. The van der Waals surface area contributed by atoms with E-state index in [1.807, 2.05) is 19.9 Å². The molecule has 0 atom stereocenters. The first-order valence-electron chi connectivity index (χ1n) is 6.12. The van der Waals surface area contributed by atoms with E-state index in [1.54, 1.807) is 0 Å². The van der Waals surface area contributed by atoms with Gasteiger partial charge >= 0.3 is 0 Å². The summed E-state index contributed by atoms with van der Waals surface area (Å²) in [5.41, 5.74) is 1.33. The first-order chi connectivity index (χ1) is 8.69. The van der Waals surface area contributed by atoms with E-state index in [0.717, 1.165) is 17.9 Å². The fourth-order valence-corrected chi connectivity index (χ4v) is 2.48. The minimum Gasteiger partial charge on any atom is -0.491 e. The van der Waals surface area contributed by atoms with Crippen molar-refractivity contribution in [3.63, 3.8) is 0 Å². The number of benzene rings is 2. The van der Waals surface area contributed by atoms with Crippen molar-refractivity contribution in [3.05, 3.63) is 42.0 Å². The minimum atomic E-state index is 0.211. The zero-order valence-electron chi connectivity index (χ0n) is 10.7. The largest absolute Gasteiger partial charge is 0.491 e. The molecule has 0 aliphatic rings. The molecule has 0 heterocycles. The average Bonchev–Trinajstić information content (AvgIpc) is 2.35. The van der Waals surface area contributed by atoms with E-state index in [1.165, 1.54) is 27.3 Å². The van der Waals surface area contributed by atoms with Crippen LogP contribution in [0.2, 0.25) is 0 Å². The predicted octanol–water partition coefficient (Wildman–Crippen LogP) is 5.06. The standard InChI is InChI=1S/C15H17ClOS/c1-11(2)17-15-6-5-13-9-12(7-8-18-16)3-4-14(13)10-15/h3-6,9-11H,7-8H2,1-2H3. The molecule has 0 spiro atoms. The number of ether oxygens (including phenoxy) is 1. The van der Waals surface area contributed by atoms with Crippen LogP contribution in [0.5, 0.6) is 5.75 Å². The number of rotatable bonds is 5. The summed E-state index contributed by atoms with van der Waals surface area (Å²) in [7, 11) is 7.00. The zero-order chi connectivity index (χ0) is 13.0. The normalized spacial score (nSPS) is 11.1. The Hall–Kier alpha value is -0.860. The van der Waals surface area contributed by atoms with Gasteiger partial charge in [-0.25, -0.2) is 0 Å². The van der Waals surface area contributed by atoms with E-state index >= 15 is 0 Å². The Labute approximate surface area is 117 Å². The van der Waals surface area contributed by atoms with Crippen LogP contribution in [0.25, 0.3) is 10.8 Å². The highest BCUT2D eigenvalue weighted by Crippen LogP contribution is 2.23. The highest BCUT2D eigenvalue weighted by molar-refractivity contribution is 8.21. The van der Waals surface area contributed by atoms with Crippen LogP contribution >= 0.6 is 21.7 Å². The summed E-state index contributed by atoms with van der Waals surface area (Å²) in [6, 6.07) is 12.8. The predicted molar refractivity (Wildman–Crippen MR) is 81.7 cm³/mol. The first kappa shape index (κ1) is 13.6. The van der Waals surface area contributed by atoms with Crippen molar-refractivity contribution >= 4 is 32.4 Å². The van der Waals surface area contributed by atoms with Gasteiger partial charge in [-0.1, -0.05) is 35.2 Å². The first-order valence-corrected chi connectivity index (χ1v) is 7.93. The van der Waals surface area contributed by atoms with Crippen LogP contribution in [0.15, 0.2) is 36.4 Å². The number of halogens is 1. The molecule has 2 aromatic rings. The Morgan fingerprint density at radius 3 is 2.56 bits per heavy atom. The zero-order valence-corrected chi connectivity index (χ0v) is 12.2. The molecule has 0 fully saturated rings. The van der Waals surface area contributed by atoms with Gasteiger partial charge in [0.25, 0.3) is 0 Å². The Bertz CT molecular complexity index is 525. The Balaban J connectivity index is 2.24. The van der Waals surface area contributed by atoms with Crippen molar-refractivity contribution in [2.45, 2.75) is 26.4 Å². The smallest absolute Gasteiger partial charge is 0.120 e. The molecule has 1 nitrogen and oxygen atoms in total. The quantitative estimate of drug-likeness (QED) is 0.757. The van der Waals surface area contributed by atoms with Crippen molar-refractivity contribution in [2.24, 2.45) is 0 Å². The Kier molecular flexibility index (Phi) is 4.79. The van der Waals surface area contributed by atoms with Crippen molar-refractivity contribution in [3.8, 4) is 5.75 Å². The lowest BCUT2D eigenvalue weighted by atomic mass is 10.1. The molecule has 0 aliphatic carbocycles. The molecule has 0 N–H and O–H groups in total. The van der Waals surface area contributed by atoms with Crippen LogP contribution in [-0.2, 0) is 6.42 Å². The molecule has 0 radical (unpaired) electrons.